The van der Waals surface area contributed by atoms with E-state index in [9.17, 15) is 4.79 Å². The summed E-state index contributed by atoms with van der Waals surface area (Å²) in [7, 11) is 0. The molecular weight excluding hydrogens is 304 g/mol. The number of benzene rings is 1. The van der Waals surface area contributed by atoms with Gasteiger partial charge >= 0.3 is 5.97 Å². The number of aromatic nitrogens is 2. The molecule has 116 valence electrons. The first-order valence-corrected chi connectivity index (χ1v) is 7.68. The molecule has 0 spiro atoms. The summed E-state index contributed by atoms with van der Waals surface area (Å²) < 4.78 is 12.8. The molecule has 6 heteroatoms. The van der Waals surface area contributed by atoms with E-state index in [2.05, 4.69) is 5.10 Å². The maximum atomic E-state index is 12.2. The molecule has 1 aliphatic heterocycles. The number of hydrogen-bond donors (Lipinski definition) is 0. The number of carbonyl (C=O) groups excluding carboxylic acids is 1. The summed E-state index contributed by atoms with van der Waals surface area (Å²) in [6, 6.07) is 7.27. The molecular formula is C16H17ClN2O3. The Morgan fingerprint density at radius 1 is 1.45 bits per heavy atom. The summed E-state index contributed by atoms with van der Waals surface area (Å²) in [4.78, 5) is 12.2. The van der Waals surface area contributed by atoms with Crippen LogP contribution in [-0.2, 0) is 11.3 Å². The van der Waals surface area contributed by atoms with Crippen molar-refractivity contribution in [1.82, 2.24) is 9.78 Å². The summed E-state index contributed by atoms with van der Waals surface area (Å²) in [6.45, 7) is 4.80. The fourth-order valence-electron chi connectivity index (χ4n) is 2.49. The normalized spacial score (nSPS) is 16.8. The van der Waals surface area contributed by atoms with Gasteiger partial charge in [0.15, 0.2) is 5.69 Å². The third kappa shape index (κ3) is 2.68. The van der Waals surface area contributed by atoms with E-state index < -0.39 is 5.97 Å². The monoisotopic (exact) mass is 320 g/mol. The van der Waals surface area contributed by atoms with Crippen molar-refractivity contribution in [2.45, 2.75) is 32.9 Å². The number of hydrogen-bond acceptors (Lipinski definition) is 4. The second kappa shape index (κ2) is 6.01. The van der Waals surface area contributed by atoms with Crippen LogP contribution in [0.25, 0.3) is 11.1 Å². The van der Waals surface area contributed by atoms with Gasteiger partial charge in [0.1, 0.15) is 0 Å². The van der Waals surface area contributed by atoms with Crippen LogP contribution in [0.15, 0.2) is 24.3 Å². The van der Waals surface area contributed by atoms with Gasteiger partial charge in [-0.3, -0.25) is 0 Å². The van der Waals surface area contributed by atoms with Crippen LogP contribution in [0.1, 0.15) is 30.8 Å². The minimum Gasteiger partial charge on any atom is -0.474 e. The van der Waals surface area contributed by atoms with E-state index in [-0.39, 0.29) is 11.8 Å². The Balaban J connectivity index is 2.14. The first-order valence-electron chi connectivity index (χ1n) is 7.30. The first-order chi connectivity index (χ1) is 10.6. The molecule has 0 bridgehead atoms. The molecule has 0 saturated heterocycles. The van der Waals surface area contributed by atoms with E-state index in [1.807, 2.05) is 19.1 Å². The topological polar surface area (TPSA) is 53.3 Å². The maximum Gasteiger partial charge on any atom is 0.359 e. The number of aryl methyl sites for hydroxylation is 1. The molecule has 1 atom stereocenters. The largest absolute Gasteiger partial charge is 0.474 e. The first kappa shape index (κ1) is 14.9. The standard InChI is InChI=1S/C16H17ClN2O3/c1-3-21-16(20)14-13(11-4-6-12(17)7-5-11)15-19(18-14)9-8-10(2)22-15/h4-7,10H,3,8-9H2,1-2H3. The SMILES string of the molecule is CCOC(=O)c1nn2c(c1-c1ccc(Cl)cc1)OC(C)CC2. The Morgan fingerprint density at radius 3 is 2.86 bits per heavy atom. The van der Waals surface area contributed by atoms with Crippen LogP contribution >= 0.6 is 11.6 Å². The quantitative estimate of drug-likeness (QED) is 0.812. The van der Waals surface area contributed by atoms with Gasteiger partial charge in [0.2, 0.25) is 5.88 Å². The number of fused-ring (bicyclic) bond motifs is 1. The summed E-state index contributed by atoms with van der Waals surface area (Å²) in [5, 5.41) is 5.02. The van der Waals surface area contributed by atoms with E-state index in [4.69, 9.17) is 21.1 Å². The average molecular weight is 321 g/mol. The Kier molecular flexibility index (Phi) is 4.07. The third-order valence-electron chi connectivity index (χ3n) is 3.57. The smallest absolute Gasteiger partial charge is 0.359 e. The second-order valence-electron chi connectivity index (χ2n) is 5.20. The lowest BCUT2D eigenvalue weighted by Crippen LogP contribution is -2.23. The van der Waals surface area contributed by atoms with Gasteiger partial charge in [0.05, 0.1) is 18.3 Å². The van der Waals surface area contributed by atoms with Crippen molar-refractivity contribution in [3.63, 3.8) is 0 Å². The highest BCUT2D eigenvalue weighted by molar-refractivity contribution is 6.30. The molecule has 0 radical (unpaired) electrons. The Labute approximate surface area is 133 Å². The highest BCUT2D eigenvalue weighted by atomic mass is 35.5. The second-order valence-corrected chi connectivity index (χ2v) is 5.63. The van der Waals surface area contributed by atoms with Gasteiger partial charge in [-0.05, 0) is 31.5 Å². The minimum atomic E-state index is -0.439. The van der Waals surface area contributed by atoms with E-state index >= 15 is 0 Å². The van der Waals surface area contributed by atoms with E-state index in [0.717, 1.165) is 18.5 Å². The molecule has 0 amide bonds. The zero-order chi connectivity index (χ0) is 15.7. The highest BCUT2D eigenvalue weighted by Crippen LogP contribution is 2.37. The van der Waals surface area contributed by atoms with Gasteiger partial charge in [0, 0.05) is 18.0 Å². The van der Waals surface area contributed by atoms with Gasteiger partial charge in [-0.2, -0.15) is 5.10 Å². The Morgan fingerprint density at radius 2 is 2.18 bits per heavy atom. The van der Waals surface area contributed by atoms with Gasteiger partial charge < -0.3 is 9.47 Å². The van der Waals surface area contributed by atoms with Crippen molar-refractivity contribution in [2.75, 3.05) is 6.61 Å². The van der Waals surface area contributed by atoms with Gasteiger partial charge in [-0.25, -0.2) is 9.48 Å². The van der Waals surface area contributed by atoms with E-state index in [1.54, 1.807) is 23.7 Å². The molecule has 2 heterocycles. The molecule has 0 fully saturated rings. The molecule has 0 aliphatic carbocycles. The van der Waals surface area contributed by atoms with Crippen LogP contribution in [-0.4, -0.2) is 28.5 Å². The van der Waals surface area contributed by atoms with Gasteiger partial charge in [-0.15, -0.1) is 0 Å². The fraction of sp³-hybridized carbons (Fsp3) is 0.375. The lowest BCUT2D eigenvalue weighted by atomic mass is 10.1. The molecule has 5 nitrogen and oxygen atoms in total. The van der Waals surface area contributed by atoms with Crippen molar-refractivity contribution >= 4 is 17.6 Å². The number of halogens is 1. The number of esters is 1. The molecule has 1 unspecified atom stereocenters. The number of nitrogens with zero attached hydrogens (tertiary/aromatic N) is 2. The summed E-state index contributed by atoms with van der Waals surface area (Å²) >= 11 is 5.95. The summed E-state index contributed by atoms with van der Waals surface area (Å²) in [6.07, 6.45) is 0.946. The average Bonchev–Trinajstić information content (AvgIpc) is 2.87. The molecule has 1 aliphatic rings. The Hall–Kier alpha value is -2.01. The fourth-order valence-corrected chi connectivity index (χ4v) is 2.62. The van der Waals surface area contributed by atoms with Crippen molar-refractivity contribution in [3.05, 3.63) is 35.0 Å². The minimum absolute atomic E-state index is 0.0882. The van der Waals surface area contributed by atoms with Crippen LogP contribution in [0, 0.1) is 0 Å². The molecule has 2 aromatic rings. The van der Waals surface area contributed by atoms with Gasteiger partial charge in [0.25, 0.3) is 0 Å². The predicted molar refractivity (Wildman–Crippen MR) is 83.3 cm³/mol. The summed E-state index contributed by atoms with van der Waals surface area (Å²) in [5.41, 5.74) is 1.79. The molecule has 3 rings (SSSR count). The predicted octanol–water partition coefficient (Wildman–Crippen LogP) is 3.55. The lowest BCUT2D eigenvalue weighted by Gasteiger charge is -2.22. The zero-order valence-electron chi connectivity index (χ0n) is 12.5. The summed E-state index contributed by atoms with van der Waals surface area (Å²) in [5.74, 6) is 0.176. The zero-order valence-corrected chi connectivity index (χ0v) is 13.3. The van der Waals surface area contributed by atoms with Crippen LogP contribution in [0.4, 0.5) is 0 Å². The van der Waals surface area contributed by atoms with Crippen LogP contribution in [0.5, 0.6) is 5.88 Å². The molecule has 0 N–H and O–H groups in total. The van der Waals surface area contributed by atoms with Crippen molar-refractivity contribution < 1.29 is 14.3 Å². The lowest BCUT2D eigenvalue weighted by molar-refractivity contribution is 0.0519. The highest BCUT2D eigenvalue weighted by Gasteiger charge is 2.29. The molecule has 1 aromatic carbocycles. The molecule has 0 saturated carbocycles. The van der Waals surface area contributed by atoms with Crippen molar-refractivity contribution in [2.24, 2.45) is 0 Å². The Bertz CT molecular complexity index is 694. The van der Waals surface area contributed by atoms with E-state index in [1.165, 1.54) is 0 Å². The number of carbonyl (C=O) groups is 1. The van der Waals surface area contributed by atoms with Crippen LogP contribution in [0.3, 0.4) is 0 Å². The van der Waals surface area contributed by atoms with E-state index in [0.29, 0.717) is 23.1 Å². The molecule has 22 heavy (non-hydrogen) atoms. The van der Waals surface area contributed by atoms with Crippen molar-refractivity contribution in [3.8, 4) is 17.0 Å². The van der Waals surface area contributed by atoms with Gasteiger partial charge in [-0.1, -0.05) is 23.7 Å². The third-order valence-corrected chi connectivity index (χ3v) is 3.82. The van der Waals surface area contributed by atoms with Crippen LogP contribution in [0.2, 0.25) is 5.02 Å². The number of rotatable bonds is 3. The number of ether oxygens (including phenoxy) is 2. The van der Waals surface area contributed by atoms with Crippen molar-refractivity contribution in [1.29, 1.82) is 0 Å². The van der Waals surface area contributed by atoms with Crippen LogP contribution < -0.4 is 4.74 Å². The molecule has 1 aromatic heterocycles. The maximum absolute atomic E-state index is 12.2.